The van der Waals surface area contributed by atoms with Crippen LogP contribution in [-0.4, -0.2) is 10.6 Å². The summed E-state index contributed by atoms with van der Waals surface area (Å²) in [6.45, 7) is 6.93. The monoisotopic (exact) mass is 313 g/mol. The molecule has 0 radical (unpaired) electrons. The summed E-state index contributed by atoms with van der Waals surface area (Å²) in [6, 6.07) is 9.86. The van der Waals surface area contributed by atoms with E-state index in [9.17, 15) is 4.79 Å². The number of rotatable bonds is 3. The Labute approximate surface area is 133 Å². The molecule has 0 aliphatic rings. The second-order valence-electron chi connectivity index (χ2n) is 5.34. The molecule has 0 bridgehead atoms. The van der Waals surface area contributed by atoms with Crippen molar-refractivity contribution in [2.75, 3.05) is 10.6 Å². The van der Waals surface area contributed by atoms with E-state index >= 15 is 0 Å². The van der Waals surface area contributed by atoms with E-state index in [2.05, 4.69) is 39.6 Å². The fraction of sp³-hybridized carbons (Fsp3) is 0.235. The number of aromatic nitrogens is 1. The predicted molar refractivity (Wildman–Crippen MR) is 94.0 cm³/mol. The molecule has 3 rings (SSSR count). The summed E-state index contributed by atoms with van der Waals surface area (Å²) in [5.41, 5.74) is 4.24. The standard InChI is InChI=1S/C17H19N3OS/c1-4-20-14-7-8-22-15(14)10-16(20)19-17(21)18-13-6-5-11(2)9-12(13)3/h5-10H,4H2,1-3H3,(H2,18,19,21). The molecule has 0 fully saturated rings. The van der Waals surface area contributed by atoms with Gasteiger partial charge in [-0.05, 0) is 49.9 Å². The molecule has 114 valence electrons. The minimum absolute atomic E-state index is 0.216. The average molecular weight is 313 g/mol. The van der Waals surface area contributed by atoms with Crippen LogP contribution >= 0.6 is 11.3 Å². The number of carbonyl (C=O) groups is 1. The Hall–Kier alpha value is -2.27. The van der Waals surface area contributed by atoms with Crippen LogP contribution < -0.4 is 10.6 Å². The third kappa shape index (κ3) is 2.72. The highest BCUT2D eigenvalue weighted by Gasteiger charge is 2.12. The van der Waals surface area contributed by atoms with E-state index in [0.717, 1.165) is 29.1 Å². The molecule has 0 saturated carbocycles. The topological polar surface area (TPSA) is 46.1 Å². The zero-order chi connectivity index (χ0) is 15.7. The zero-order valence-electron chi connectivity index (χ0n) is 12.9. The van der Waals surface area contributed by atoms with E-state index in [-0.39, 0.29) is 6.03 Å². The summed E-state index contributed by atoms with van der Waals surface area (Å²) >= 11 is 1.68. The first-order valence-corrected chi connectivity index (χ1v) is 8.18. The normalized spacial score (nSPS) is 10.9. The fourth-order valence-corrected chi connectivity index (χ4v) is 3.47. The molecule has 2 N–H and O–H groups in total. The van der Waals surface area contributed by atoms with Crippen LogP contribution in [0, 0.1) is 13.8 Å². The maximum atomic E-state index is 12.3. The van der Waals surface area contributed by atoms with Crippen LogP contribution in [0.2, 0.25) is 0 Å². The summed E-state index contributed by atoms with van der Waals surface area (Å²) in [4.78, 5) is 12.3. The van der Waals surface area contributed by atoms with E-state index in [0.29, 0.717) is 0 Å². The Kier molecular flexibility index (Phi) is 3.90. The summed E-state index contributed by atoms with van der Waals surface area (Å²) in [7, 11) is 0. The highest BCUT2D eigenvalue weighted by Crippen LogP contribution is 2.28. The van der Waals surface area contributed by atoms with E-state index < -0.39 is 0 Å². The SMILES string of the molecule is CCn1c(NC(=O)Nc2ccc(C)cc2C)cc2sccc21. The Balaban J connectivity index is 1.79. The number of urea groups is 1. The Morgan fingerprint density at radius 2 is 2.00 bits per heavy atom. The number of anilines is 2. The third-order valence-electron chi connectivity index (χ3n) is 3.71. The van der Waals surface area contributed by atoms with Crippen molar-refractivity contribution in [3.63, 3.8) is 0 Å². The van der Waals surface area contributed by atoms with Crippen molar-refractivity contribution < 1.29 is 4.79 Å². The molecule has 0 unspecified atom stereocenters. The first kappa shape index (κ1) is 14.7. The van der Waals surface area contributed by atoms with Gasteiger partial charge in [0.05, 0.1) is 10.2 Å². The summed E-state index contributed by atoms with van der Waals surface area (Å²) in [5, 5.41) is 7.93. The first-order chi connectivity index (χ1) is 10.6. The van der Waals surface area contributed by atoms with Gasteiger partial charge in [-0.1, -0.05) is 17.7 Å². The number of fused-ring (bicyclic) bond motifs is 1. The molecule has 0 spiro atoms. The molecule has 0 aliphatic heterocycles. The van der Waals surface area contributed by atoms with Gasteiger partial charge in [-0.2, -0.15) is 0 Å². The molecule has 4 nitrogen and oxygen atoms in total. The molecular weight excluding hydrogens is 294 g/mol. The molecule has 3 aromatic rings. The van der Waals surface area contributed by atoms with Crippen molar-refractivity contribution in [1.29, 1.82) is 0 Å². The van der Waals surface area contributed by atoms with Crippen LogP contribution in [0.3, 0.4) is 0 Å². The lowest BCUT2D eigenvalue weighted by molar-refractivity contribution is 0.262. The molecular formula is C17H19N3OS. The van der Waals surface area contributed by atoms with Crippen molar-refractivity contribution >= 4 is 39.1 Å². The first-order valence-electron chi connectivity index (χ1n) is 7.30. The summed E-state index contributed by atoms with van der Waals surface area (Å²) < 4.78 is 3.29. The minimum Gasteiger partial charge on any atom is -0.327 e. The van der Waals surface area contributed by atoms with E-state index in [1.807, 2.05) is 32.0 Å². The van der Waals surface area contributed by atoms with Gasteiger partial charge in [0.15, 0.2) is 0 Å². The van der Waals surface area contributed by atoms with Crippen LogP contribution in [0.15, 0.2) is 35.7 Å². The quantitative estimate of drug-likeness (QED) is 0.703. The maximum Gasteiger partial charge on any atom is 0.324 e. The number of nitrogens with one attached hydrogen (secondary N) is 2. The summed E-state index contributed by atoms with van der Waals surface area (Å²) in [6.07, 6.45) is 0. The smallest absolute Gasteiger partial charge is 0.324 e. The minimum atomic E-state index is -0.216. The number of thiophene rings is 1. The molecule has 0 saturated heterocycles. The van der Waals surface area contributed by atoms with Crippen molar-refractivity contribution in [3.8, 4) is 0 Å². The Morgan fingerprint density at radius 3 is 2.73 bits per heavy atom. The maximum absolute atomic E-state index is 12.3. The molecule has 2 amide bonds. The largest absolute Gasteiger partial charge is 0.327 e. The Bertz CT molecular complexity index is 832. The van der Waals surface area contributed by atoms with Crippen LogP contribution in [0.5, 0.6) is 0 Å². The van der Waals surface area contributed by atoms with Crippen LogP contribution in [-0.2, 0) is 6.54 Å². The summed E-state index contributed by atoms with van der Waals surface area (Å²) in [5.74, 6) is 0.826. The third-order valence-corrected chi connectivity index (χ3v) is 4.56. The second-order valence-corrected chi connectivity index (χ2v) is 6.29. The van der Waals surface area contributed by atoms with Gasteiger partial charge >= 0.3 is 6.03 Å². The van der Waals surface area contributed by atoms with Crippen LogP contribution in [0.4, 0.5) is 16.3 Å². The lowest BCUT2D eigenvalue weighted by Crippen LogP contribution is -2.21. The molecule has 2 aromatic heterocycles. The molecule has 0 aliphatic carbocycles. The lowest BCUT2D eigenvalue weighted by Gasteiger charge is -2.12. The van der Waals surface area contributed by atoms with Gasteiger partial charge in [0.25, 0.3) is 0 Å². The van der Waals surface area contributed by atoms with Gasteiger partial charge in [-0.25, -0.2) is 4.79 Å². The number of carbonyl (C=O) groups excluding carboxylic acids is 1. The van der Waals surface area contributed by atoms with Gasteiger partial charge in [-0.3, -0.25) is 5.32 Å². The van der Waals surface area contributed by atoms with Gasteiger partial charge < -0.3 is 9.88 Å². The average Bonchev–Trinajstić information content (AvgIpc) is 3.02. The predicted octanol–water partition coefficient (Wildman–Crippen LogP) is 4.98. The van der Waals surface area contributed by atoms with Gasteiger partial charge in [0, 0.05) is 12.2 Å². The zero-order valence-corrected chi connectivity index (χ0v) is 13.8. The van der Waals surface area contributed by atoms with Crippen molar-refractivity contribution in [2.24, 2.45) is 0 Å². The number of hydrogen-bond donors (Lipinski definition) is 2. The van der Waals surface area contributed by atoms with Crippen LogP contribution in [0.25, 0.3) is 10.2 Å². The molecule has 5 heteroatoms. The second kappa shape index (κ2) is 5.85. The van der Waals surface area contributed by atoms with Crippen molar-refractivity contribution in [2.45, 2.75) is 27.3 Å². The lowest BCUT2D eigenvalue weighted by atomic mass is 10.1. The number of aryl methyl sites for hydroxylation is 3. The van der Waals surface area contributed by atoms with Crippen LogP contribution in [0.1, 0.15) is 18.1 Å². The van der Waals surface area contributed by atoms with E-state index in [4.69, 9.17) is 0 Å². The number of amides is 2. The number of hydrogen-bond acceptors (Lipinski definition) is 2. The Morgan fingerprint density at radius 1 is 1.18 bits per heavy atom. The van der Waals surface area contributed by atoms with Crippen molar-refractivity contribution in [3.05, 3.63) is 46.8 Å². The van der Waals surface area contributed by atoms with Gasteiger partial charge in [0.2, 0.25) is 0 Å². The highest BCUT2D eigenvalue weighted by atomic mass is 32.1. The van der Waals surface area contributed by atoms with E-state index in [1.165, 1.54) is 10.3 Å². The number of benzene rings is 1. The van der Waals surface area contributed by atoms with Gasteiger partial charge in [0.1, 0.15) is 5.82 Å². The molecule has 2 heterocycles. The highest BCUT2D eigenvalue weighted by molar-refractivity contribution is 7.17. The van der Waals surface area contributed by atoms with E-state index in [1.54, 1.807) is 11.3 Å². The fourth-order valence-electron chi connectivity index (χ4n) is 2.65. The number of nitrogens with zero attached hydrogens (tertiary/aromatic N) is 1. The van der Waals surface area contributed by atoms with Gasteiger partial charge in [-0.15, -0.1) is 11.3 Å². The van der Waals surface area contributed by atoms with Crippen molar-refractivity contribution in [1.82, 2.24) is 4.57 Å². The molecule has 1 aromatic carbocycles. The molecule has 0 atom stereocenters. The molecule has 22 heavy (non-hydrogen) atoms.